The number of esters is 1. The second kappa shape index (κ2) is 10.9. The zero-order valence-corrected chi connectivity index (χ0v) is 14.9. The summed E-state index contributed by atoms with van der Waals surface area (Å²) in [4.78, 5) is 36.5. The molecule has 0 aromatic carbocycles. The lowest BCUT2D eigenvalue weighted by Gasteiger charge is -2.30. The number of likely N-dealkylation sites (tertiary alicyclic amines) is 1. The summed E-state index contributed by atoms with van der Waals surface area (Å²) in [7, 11) is 0. The van der Waals surface area contributed by atoms with Crippen LogP contribution in [0.15, 0.2) is 0 Å². The first kappa shape index (κ1) is 20.3. The van der Waals surface area contributed by atoms with Crippen LogP contribution < -0.4 is 0 Å². The maximum atomic E-state index is 11.8. The molecule has 1 aliphatic rings. The van der Waals surface area contributed by atoms with E-state index in [9.17, 15) is 14.4 Å². The van der Waals surface area contributed by atoms with Crippen molar-refractivity contribution in [2.24, 2.45) is 11.8 Å². The smallest absolute Gasteiger partial charge is 0.449 e. The average Bonchev–Trinajstić information content (AvgIpc) is 2.53. The van der Waals surface area contributed by atoms with E-state index < -0.39 is 12.1 Å². The van der Waals surface area contributed by atoms with Crippen molar-refractivity contribution in [1.82, 2.24) is 4.90 Å². The molecule has 0 saturated carbocycles. The molecule has 1 rings (SSSR count). The molecule has 1 amide bonds. The van der Waals surface area contributed by atoms with Gasteiger partial charge in [0, 0.05) is 19.5 Å². The van der Waals surface area contributed by atoms with Crippen molar-refractivity contribution in [3.05, 3.63) is 0 Å². The Kier molecular flexibility index (Phi) is 9.19. The highest BCUT2D eigenvalue weighted by Crippen LogP contribution is 2.21. The summed E-state index contributed by atoms with van der Waals surface area (Å²) < 4.78 is 14.6. The third-order valence-corrected chi connectivity index (χ3v) is 3.78. The molecule has 0 radical (unpaired) electrons. The predicted molar refractivity (Wildman–Crippen MR) is 87.4 cm³/mol. The molecular formula is C17H29NO6. The van der Waals surface area contributed by atoms with Gasteiger partial charge in [-0.05, 0) is 31.1 Å². The molecule has 138 valence electrons. The largest absolute Gasteiger partial charge is 0.516 e. The second-order valence-corrected chi connectivity index (χ2v) is 6.53. The number of piperidine rings is 1. The summed E-state index contributed by atoms with van der Waals surface area (Å²) in [5.74, 6) is -0.281. The minimum Gasteiger partial charge on any atom is -0.449 e. The van der Waals surface area contributed by atoms with E-state index in [0.717, 1.165) is 12.8 Å². The quantitative estimate of drug-likeness (QED) is 0.400. The van der Waals surface area contributed by atoms with E-state index in [1.165, 1.54) is 0 Å². The van der Waals surface area contributed by atoms with Gasteiger partial charge in [0.05, 0.1) is 13.2 Å². The van der Waals surface area contributed by atoms with Crippen LogP contribution in [0.25, 0.3) is 0 Å². The maximum absolute atomic E-state index is 11.8. The Labute approximate surface area is 143 Å². The van der Waals surface area contributed by atoms with Crippen molar-refractivity contribution in [3.8, 4) is 0 Å². The molecule has 0 bridgehead atoms. The third-order valence-electron chi connectivity index (χ3n) is 3.78. The van der Waals surface area contributed by atoms with E-state index in [1.807, 2.05) is 20.8 Å². The Hall–Kier alpha value is -1.79. The van der Waals surface area contributed by atoms with Crippen LogP contribution in [0.1, 0.15) is 52.9 Å². The Bertz CT molecular complexity index is 415. The minimum atomic E-state index is -0.939. The fourth-order valence-electron chi connectivity index (χ4n) is 2.35. The van der Waals surface area contributed by atoms with Crippen molar-refractivity contribution in [1.29, 1.82) is 0 Å². The first-order chi connectivity index (χ1) is 11.4. The number of rotatable bonds is 7. The zero-order valence-electron chi connectivity index (χ0n) is 14.9. The summed E-state index contributed by atoms with van der Waals surface area (Å²) in [6.07, 6.45) is 2.17. The fraction of sp³-hybridized carbons (Fsp3) is 0.824. The molecule has 0 aliphatic carbocycles. The number of carbonyl (C=O) groups excluding carboxylic acids is 3. The van der Waals surface area contributed by atoms with Crippen LogP contribution in [0.3, 0.4) is 0 Å². The lowest BCUT2D eigenvalue weighted by atomic mass is 9.94. The Morgan fingerprint density at radius 3 is 2.38 bits per heavy atom. The van der Waals surface area contributed by atoms with Gasteiger partial charge in [0.2, 0.25) is 0 Å². The fourth-order valence-corrected chi connectivity index (χ4v) is 2.35. The Balaban J connectivity index is 2.21. The van der Waals surface area contributed by atoms with Gasteiger partial charge in [-0.3, -0.25) is 4.79 Å². The summed E-state index contributed by atoms with van der Waals surface area (Å²) in [6.45, 7) is 7.62. The maximum Gasteiger partial charge on any atom is 0.516 e. The highest BCUT2D eigenvalue weighted by Gasteiger charge is 2.26. The van der Waals surface area contributed by atoms with Gasteiger partial charge in [-0.1, -0.05) is 27.2 Å². The molecular weight excluding hydrogens is 314 g/mol. The van der Waals surface area contributed by atoms with Gasteiger partial charge in [-0.15, -0.1) is 0 Å². The molecule has 1 heterocycles. The third kappa shape index (κ3) is 8.17. The number of hydrogen-bond donors (Lipinski definition) is 0. The van der Waals surface area contributed by atoms with Gasteiger partial charge in [0.25, 0.3) is 0 Å². The van der Waals surface area contributed by atoms with Crippen molar-refractivity contribution in [2.45, 2.75) is 52.9 Å². The molecule has 0 N–H and O–H groups in total. The summed E-state index contributed by atoms with van der Waals surface area (Å²) in [6, 6.07) is 0. The lowest BCUT2D eigenvalue weighted by Crippen LogP contribution is -2.39. The second-order valence-electron chi connectivity index (χ2n) is 6.53. The van der Waals surface area contributed by atoms with Gasteiger partial charge >= 0.3 is 18.2 Å². The van der Waals surface area contributed by atoms with Gasteiger partial charge < -0.3 is 19.1 Å². The summed E-state index contributed by atoms with van der Waals surface area (Å²) in [5, 5.41) is 0. The lowest BCUT2D eigenvalue weighted by molar-refractivity contribution is -0.141. The number of amides is 1. The number of ether oxygens (including phenoxy) is 3. The first-order valence-corrected chi connectivity index (χ1v) is 8.71. The molecule has 24 heavy (non-hydrogen) atoms. The highest BCUT2D eigenvalue weighted by molar-refractivity contribution is 5.81. The molecule has 0 atom stereocenters. The predicted octanol–water partition coefficient (Wildman–Crippen LogP) is 3.36. The van der Waals surface area contributed by atoms with E-state index in [2.05, 4.69) is 4.74 Å². The summed E-state index contributed by atoms with van der Waals surface area (Å²) >= 11 is 0. The average molecular weight is 343 g/mol. The van der Waals surface area contributed by atoms with Crippen LogP contribution in [0.5, 0.6) is 0 Å². The highest BCUT2D eigenvalue weighted by atomic mass is 16.7. The number of nitrogens with zero attached hydrogens (tertiary/aromatic N) is 1. The van der Waals surface area contributed by atoms with E-state index in [1.54, 1.807) is 4.90 Å². The van der Waals surface area contributed by atoms with Crippen molar-refractivity contribution in [2.75, 3.05) is 26.3 Å². The normalized spacial score (nSPS) is 15.2. The monoisotopic (exact) mass is 343 g/mol. The Morgan fingerprint density at radius 1 is 1.12 bits per heavy atom. The first-order valence-electron chi connectivity index (χ1n) is 8.71. The molecule has 7 heteroatoms. The molecule has 0 aromatic rings. The molecule has 7 nitrogen and oxygen atoms in total. The number of unbranched alkanes of at least 4 members (excludes halogenated alkanes) is 1. The van der Waals surface area contributed by atoms with Crippen molar-refractivity contribution >= 4 is 18.2 Å². The SMILES string of the molecule is CCCCOC(=O)N1CCC(CC(=O)OC(=O)OCC(C)C)CC1. The molecule has 0 spiro atoms. The topological polar surface area (TPSA) is 82.1 Å². The van der Waals surface area contributed by atoms with Gasteiger partial charge in [0.15, 0.2) is 0 Å². The van der Waals surface area contributed by atoms with Gasteiger partial charge in [-0.2, -0.15) is 0 Å². The Morgan fingerprint density at radius 2 is 1.79 bits per heavy atom. The van der Waals surface area contributed by atoms with Gasteiger partial charge in [0.1, 0.15) is 0 Å². The molecule has 1 saturated heterocycles. The molecule has 1 fully saturated rings. The molecule has 0 unspecified atom stereocenters. The standard InChI is InChI=1S/C17H29NO6/c1-4-5-10-22-16(20)18-8-6-14(7-9-18)11-15(19)24-17(21)23-12-13(2)3/h13-14H,4-12H2,1-3H3. The zero-order chi connectivity index (χ0) is 17.9. The van der Waals surface area contributed by atoms with Crippen LogP contribution in [-0.4, -0.2) is 49.4 Å². The molecule has 1 aliphatic heterocycles. The van der Waals surface area contributed by atoms with Crippen molar-refractivity contribution in [3.63, 3.8) is 0 Å². The van der Waals surface area contributed by atoms with Crippen molar-refractivity contribution < 1.29 is 28.6 Å². The molecule has 0 aromatic heterocycles. The van der Waals surface area contributed by atoms with Crippen LogP contribution in [0, 0.1) is 11.8 Å². The summed E-state index contributed by atoms with van der Waals surface area (Å²) in [5.41, 5.74) is 0. The van der Waals surface area contributed by atoms with Crippen LogP contribution in [0.2, 0.25) is 0 Å². The van der Waals surface area contributed by atoms with E-state index in [4.69, 9.17) is 9.47 Å². The van der Waals surface area contributed by atoms with E-state index in [-0.39, 0.29) is 31.0 Å². The minimum absolute atomic E-state index is 0.107. The number of hydrogen-bond acceptors (Lipinski definition) is 6. The van der Waals surface area contributed by atoms with E-state index >= 15 is 0 Å². The van der Waals surface area contributed by atoms with Gasteiger partial charge in [-0.25, -0.2) is 9.59 Å². The number of carbonyl (C=O) groups is 3. The van der Waals surface area contributed by atoms with Crippen LogP contribution in [0.4, 0.5) is 9.59 Å². The van der Waals surface area contributed by atoms with Crippen LogP contribution >= 0.6 is 0 Å². The van der Waals surface area contributed by atoms with Crippen LogP contribution in [-0.2, 0) is 19.0 Å². The van der Waals surface area contributed by atoms with E-state index in [0.29, 0.717) is 32.5 Å².